The molecule has 1 N–H and O–H groups in total. The molecule has 0 saturated heterocycles. The molecule has 0 aliphatic heterocycles. The molecular weight excluding hydrogens is 371 g/mol. The zero-order valence-electron chi connectivity index (χ0n) is 15.2. The summed E-state index contributed by atoms with van der Waals surface area (Å²) in [5.41, 5.74) is 0.721. The van der Waals surface area contributed by atoms with E-state index in [1.165, 1.54) is 18.2 Å². The molecule has 0 aromatic heterocycles. The highest BCUT2D eigenvalue weighted by atomic mass is 19.4. The van der Waals surface area contributed by atoms with Gasteiger partial charge in [-0.25, -0.2) is 4.79 Å². The summed E-state index contributed by atoms with van der Waals surface area (Å²) in [6.45, 7) is 1.94. The van der Waals surface area contributed by atoms with Crippen LogP contribution in [0, 0.1) is 0 Å². The van der Waals surface area contributed by atoms with E-state index in [-0.39, 0.29) is 5.92 Å². The SMILES string of the molecule is C[C@H](CNC(=O)COC(=O)/C=C/c1ccc(C(F)(F)F)cc1)c1ccccc1. The number of hydrogen-bond donors (Lipinski definition) is 1. The molecule has 148 valence electrons. The van der Waals surface area contributed by atoms with Crippen LogP contribution >= 0.6 is 0 Å². The Labute approximate surface area is 161 Å². The van der Waals surface area contributed by atoms with E-state index >= 15 is 0 Å². The van der Waals surface area contributed by atoms with Gasteiger partial charge in [0.15, 0.2) is 6.61 Å². The van der Waals surface area contributed by atoms with Crippen LogP contribution in [0.5, 0.6) is 0 Å². The van der Waals surface area contributed by atoms with Crippen LogP contribution in [0.3, 0.4) is 0 Å². The lowest BCUT2D eigenvalue weighted by Crippen LogP contribution is -2.31. The van der Waals surface area contributed by atoms with E-state index in [1.54, 1.807) is 0 Å². The van der Waals surface area contributed by atoms with Gasteiger partial charge in [0.05, 0.1) is 5.56 Å². The third-order valence-corrected chi connectivity index (χ3v) is 3.97. The van der Waals surface area contributed by atoms with Gasteiger partial charge in [-0.3, -0.25) is 4.79 Å². The summed E-state index contributed by atoms with van der Waals surface area (Å²) >= 11 is 0. The Morgan fingerprint density at radius 3 is 2.32 bits per heavy atom. The summed E-state index contributed by atoms with van der Waals surface area (Å²) in [5, 5.41) is 2.68. The van der Waals surface area contributed by atoms with E-state index < -0.39 is 30.2 Å². The Morgan fingerprint density at radius 2 is 1.71 bits per heavy atom. The topological polar surface area (TPSA) is 55.4 Å². The van der Waals surface area contributed by atoms with Crippen molar-refractivity contribution in [1.82, 2.24) is 5.32 Å². The monoisotopic (exact) mass is 391 g/mol. The van der Waals surface area contributed by atoms with E-state index in [0.717, 1.165) is 23.8 Å². The third kappa shape index (κ3) is 6.90. The fourth-order valence-corrected chi connectivity index (χ4v) is 2.35. The van der Waals surface area contributed by atoms with Gasteiger partial charge >= 0.3 is 12.1 Å². The molecule has 0 aliphatic rings. The van der Waals surface area contributed by atoms with Crippen molar-refractivity contribution in [2.24, 2.45) is 0 Å². The summed E-state index contributed by atoms with van der Waals surface area (Å²) in [5.74, 6) is -1.08. The molecule has 2 aromatic rings. The van der Waals surface area contributed by atoms with E-state index in [4.69, 9.17) is 4.74 Å². The number of halogens is 3. The van der Waals surface area contributed by atoms with Gasteiger partial charge in [0.2, 0.25) is 0 Å². The standard InChI is InChI=1S/C21H20F3NO3/c1-15(17-5-3-2-4-6-17)13-25-19(26)14-28-20(27)12-9-16-7-10-18(11-8-16)21(22,23)24/h2-12,15H,13-14H2,1H3,(H,25,26)/b12-9+/t15-/m1/s1. The molecule has 28 heavy (non-hydrogen) atoms. The van der Waals surface area contributed by atoms with Crippen molar-refractivity contribution >= 4 is 18.0 Å². The lowest BCUT2D eigenvalue weighted by molar-refractivity contribution is -0.143. The summed E-state index contributed by atoms with van der Waals surface area (Å²) in [4.78, 5) is 23.4. The van der Waals surface area contributed by atoms with Crippen LogP contribution < -0.4 is 5.32 Å². The Bertz CT molecular complexity index is 815. The highest BCUT2D eigenvalue weighted by Crippen LogP contribution is 2.29. The summed E-state index contributed by atoms with van der Waals surface area (Å²) in [6, 6.07) is 14.0. The van der Waals surface area contributed by atoms with E-state index in [2.05, 4.69) is 5.32 Å². The number of nitrogens with one attached hydrogen (secondary N) is 1. The number of amides is 1. The van der Waals surface area contributed by atoms with Crippen molar-refractivity contribution in [2.75, 3.05) is 13.2 Å². The second-order valence-corrected chi connectivity index (χ2v) is 6.18. The smallest absolute Gasteiger partial charge is 0.416 e. The van der Waals surface area contributed by atoms with Crippen molar-refractivity contribution < 1.29 is 27.5 Å². The van der Waals surface area contributed by atoms with Gasteiger partial charge in [-0.15, -0.1) is 0 Å². The van der Waals surface area contributed by atoms with E-state index in [9.17, 15) is 22.8 Å². The van der Waals surface area contributed by atoms with Crippen LogP contribution in [0.1, 0.15) is 29.5 Å². The van der Waals surface area contributed by atoms with Gasteiger partial charge in [-0.2, -0.15) is 13.2 Å². The summed E-state index contributed by atoms with van der Waals surface area (Å²) in [7, 11) is 0. The first-order valence-corrected chi connectivity index (χ1v) is 8.59. The van der Waals surface area contributed by atoms with Gasteiger partial charge in [-0.1, -0.05) is 49.4 Å². The number of esters is 1. The van der Waals surface area contributed by atoms with Crippen molar-refractivity contribution in [1.29, 1.82) is 0 Å². The minimum Gasteiger partial charge on any atom is -0.452 e. The second-order valence-electron chi connectivity index (χ2n) is 6.18. The number of rotatable bonds is 7. The number of alkyl halides is 3. The van der Waals surface area contributed by atoms with Gasteiger partial charge < -0.3 is 10.1 Å². The Hall–Kier alpha value is -3.09. The molecular formula is C21H20F3NO3. The van der Waals surface area contributed by atoms with Crippen molar-refractivity contribution in [3.8, 4) is 0 Å². The maximum Gasteiger partial charge on any atom is 0.416 e. The van der Waals surface area contributed by atoms with Crippen LogP contribution in [0.15, 0.2) is 60.7 Å². The zero-order valence-corrected chi connectivity index (χ0v) is 15.2. The van der Waals surface area contributed by atoms with Crippen LogP contribution in [0.25, 0.3) is 6.08 Å². The molecule has 0 aliphatic carbocycles. The molecule has 0 bridgehead atoms. The van der Waals surface area contributed by atoms with Crippen LogP contribution in [-0.2, 0) is 20.5 Å². The lowest BCUT2D eigenvalue weighted by Gasteiger charge is -2.12. The summed E-state index contributed by atoms with van der Waals surface area (Å²) in [6.07, 6.45) is -2.03. The molecule has 1 atom stereocenters. The van der Waals surface area contributed by atoms with Gasteiger partial charge in [0.25, 0.3) is 5.91 Å². The average Bonchev–Trinajstić information content (AvgIpc) is 2.69. The first-order valence-electron chi connectivity index (χ1n) is 8.59. The second kappa shape index (κ2) is 9.73. The molecule has 0 radical (unpaired) electrons. The Kier molecular flexibility index (Phi) is 7.37. The quantitative estimate of drug-likeness (QED) is 0.569. The molecule has 1 amide bonds. The zero-order chi connectivity index (χ0) is 20.6. The fraction of sp³-hybridized carbons (Fsp3) is 0.238. The van der Waals surface area contributed by atoms with Gasteiger partial charge in [-0.05, 0) is 35.3 Å². The molecule has 4 nitrogen and oxygen atoms in total. The Balaban J connectivity index is 1.74. The number of carbonyl (C=O) groups excluding carboxylic acids is 2. The predicted molar refractivity (Wildman–Crippen MR) is 99.3 cm³/mol. The predicted octanol–water partition coefficient (Wildman–Crippen LogP) is 4.18. The molecule has 0 saturated carbocycles. The normalized spacial score (nSPS) is 12.6. The van der Waals surface area contributed by atoms with Crippen LogP contribution in [0.2, 0.25) is 0 Å². The maximum atomic E-state index is 12.5. The molecule has 2 rings (SSSR count). The van der Waals surface area contributed by atoms with Gasteiger partial charge in [0, 0.05) is 12.6 Å². The largest absolute Gasteiger partial charge is 0.452 e. The van der Waals surface area contributed by atoms with Crippen molar-refractivity contribution in [3.63, 3.8) is 0 Å². The van der Waals surface area contributed by atoms with Crippen molar-refractivity contribution in [3.05, 3.63) is 77.4 Å². The molecule has 0 heterocycles. The average molecular weight is 391 g/mol. The minimum absolute atomic E-state index is 0.111. The number of ether oxygens (including phenoxy) is 1. The fourth-order valence-electron chi connectivity index (χ4n) is 2.35. The molecule has 2 aromatic carbocycles. The van der Waals surface area contributed by atoms with E-state index in [1.807, 2.05) is 37.3 Å². The first-order chi connectivity index (χ1) is 13.3. The molecule has 7 heteroatoms. The maximum absolute atomic E-state index is 12.5. The van der Waals surface area contributed by atoms with Crippen LogP contribution in [-0.4, -0.2) is 25.0 Å². The van der Waals surface area contributed by atoms with Crippen molar-refractivity contribution in [2.45, 2.75) is 19.0 Å². The van der Waals surface area contributed by atoms with Gasteiger partial charge in [0.1, 0.15) is 0 Å². The lowest BCUT2D eigenvalue weighted by atomic mass is 10.0. The highest BCUT2D eigenvalue weighted by Gasteiger charge is 2.29. The summed E-state index contributed by atoms with van der Waals surface area (Å²) < 4.78 is 42.3. The molecule has 0 unspecified atom stereocenters. The molecule has 0 spiro atoms. The van der Waals surface area contributed by atoms with Crippen LogP contribution in [0.4, 0.5) is 13.2 Å². The number of hydrogen-bond acceptors (Lipinski definition) is 3. The number of benzene rings is 2. The Morgan fingerprint density at radius 1 is 1.07 bits per heavy atom. The minimum atomic E-state index is -4.41. The third-order valence-electron chi connectivity index (χ3n) is 3.97. The number of carbonyl (C=O) groups is 2. The first kappa shape index (κ1) is 21.2. The van der Waals surface area contributed by atoms with E-state index in [0.29, 0.717) is 12.1 Å². The molecule has 0 fully saturated rings. The highest BCUT2D eigenvalue weighted by molar-refractivity contribution is 5.89.